The van der Waals surface area contributed by atoms with Crippen LogP contribution < -0.4 is 15.4 Å². The molecule has 2 aliphatic heterocycles. The summed E-state index contributed by atoms with van der Waals surface area (Å²) >= 11 is 0. The number of likely N-dealkylation sites (N-methyl/N-ethyl adjacent to an activating group) is 1. The van der Waals surface area contributed by atoms with E-state index in [1.54, 1.807) is 24.3 Å². The van der Waals surface area contributed by atoms with Crippen molar-refractivity contribution in [2.45, 2.75) is 36.5 Å². The van der Waals surface area contributed by atoms with E-state index < -0.39 is 22.6 Å². The van der Waals surface area contributed by atoms with Gasteiger partial charge in [-0.15, -0.1) is 0 Å². The van der Waals surface area contributed by atoms with Crippen LogP contribution in [0.5, 0.6) is 5.75 Å². The Bertz CT molecular complexity index is 1750. The Morgan fingerprint density at radius 2 is 1.74 bits per heavy atom. The van der Waals surface area contributed by atoms with Gasteiger partial charge in [0.2, 0.25) is 5.91 Å². The summed E-state index contributed by atoms with van der Waals surface area (Å²) in [6, 6.07) is 11.5. The predicted octanol–water partition coefficient (Wildman–Crippen LogP) is 3.73. The molecular formula is C33H41F3N6O4S. The molecule has 47 heavy (non-hydrogen) atoms. The Kier molecular flexibility index (Phi) is 10.6. The zero-order valence-corrected chi connectivity index (χ0v) is 27.7. The number of aromatic nitrogens is 1. The first-order valence-corrected chi connectivity index (χ1v) is 17.4. The molecule has 254 valence electrons. The lowest BCUT2D eigenvalue weighted by Crippen LogP contribution is -2.51. The van der Waals surface area contributed by atoms with Crippen LogP contribution in [0.3, 0.4) is 0 Å². The highest BCUT2D eigenvalue weighted by atomic mass is 32.2. The minimum Gasteiger partial charge on any atom is -0.495 e. The molecule has 14 heteroatoms. The second-order valence-electron chi connectivity index (χ2n) is 12.1. The number of nitrogens with one attached hydrogen (secondary N) is 2. The van der Waals surface area contributed by atoms with Crippen molar-refractivity contribution in [3.8, 4) is 17.6 Å². The van der Waals surface area contributed by atoms with E-state index in [9.17, 15) is 26.4 Å². The number of benzene rings is 2. The highest BCUT2D eigenvalue weighted by molar-refractivity contribution is 7.90. The molecule has 0 saturated carbocycles. The van der Waals surface area contributed by atoms with Gasteiger partial charge in [-0.25, -0.2) is 8.42 Å². The highest BCUT2D eigenvalue weighted by Gasteiger charge is 2.30. The number of piperazine rings is 1. The van der Waals surface area contributed by atoms with Crippen molar-refractivity contribution in [2.75, 3.05) is 83.4 Å². The lowest BCUT2D eigenvalue weighted by Gasteiger charge is -2.36. The summed E-state index contributed by atoms with van der Waals surface area (Å²) in [5, 5.41) is 7.25. The molecule has 5 rings (SSSR count). The van der Waals surface area contributed by atoms with E-state index in [-0.39, 0.29) is 29.1 Å². The third kappa shape index (κ3) is 8.91. The number of fused-ring (bicyclic) bond motifs is 1. The minimum absolute atomic E-state index is 0.0864. The van der Waals surface area contributed by atoms with Gasteiger partial charge in [-0.3, -0.25) is 9.69 Å². The molecule has 0 bridgehead atoms. The number of rotatable bonds is 9. The van der Waals surface area contributed by atoms with Crippen LogP contribution >= 0.6 is 0 Å². The number of hydrogen-bond acceptors (Lipinski definition) is 8. The van der Waals surface area contributed by atoms with Crippen molar-refractivity contribution >= 4 is 38.0 Å². The SMILES string of the molecule is COc1cc(S(C)(=O)=O)ccc1NCC#Cc1cc2c(NC3CCN(CC(=O)N4CCN(C)CC4)CC3)cccc2n1CC(F)(F)F. The van der Waals surface area contributed by atoms with Crippen molar-refractivity contribution in [1.82, 2.24) is 19.3 Å². The van der Waals surface area contributed by atoms with Crippen LogP contribution in [0.15, 0.2) is 47.4 Å². The van der Waals surface area contributed by atoms with Crippen LogP contribution in [-0.4, -0.2) is 119 Å². The van der Waals surface area contributed by atoms with Gasteiger partial charge in [-0.1, -0.05) is 12.0 Å². The zero-order chi connectivity index (χ0) is 33.8. The number of sulfone groups is 1. The van der Waals surface area contributed by atoms with Gasteiger partial charge in [-0.05, 0) is 56.1 Å². The van der Waals surface area contributed by atoms with E-state index in [4.69, 9.17) is 4.74 Å². The van der Waals surface area contributed by atoms with E-state index in [2.05, 4.69) is 39.3 Å². The predicted molar refractivity (Wildman–Crippen MR) is 177 cm³/mol. The number of likely N-dealkylation sites (tertiary alicyclic amines) is 1. The molecule has 10 nitrogen and oxygen atoms in total. The summed E-state index contributed by atoms with van der Waals surface area (Å²) in [5.41, 5.74) is 1.90. The van der Waals surface area contributed by atoms with E-state index in [0.717, 1.165) is 64.1 Å². The maximum absolute atomic E-state index is 13.7. The molecule has 2 aliphatic rings. The second kappa shape index (κ2) is 14.5. The first-order chi connectivity index (χ1) is 22.3. The molecule has 0 atom stereocenters. The zero-order valence-electron chi connectivity index (χ0n) is 26.9. The highest BCUT2D eigenvalue weighted by Crippen LogP contribution is 2.32. The monoisotopic (exact) mass is 674 g/mol. The van der Waals surface area contributed by atoms with Crippen LogP contribution in [0.1, 0.15) is 18.5 Å². The summed E-state index contributed by atoms with van der Waals surface area (Å²) in [7, 11) is 0.0507. The lowest BCUT2D eigenvalue weighted by molar-refractivity contribution is -0.140. The minimum atomic E-state index is -4.45. The molecule has 0 unspecified atom stereocenters. The Hall–Kier alpha value is -3.93. The normalized spacial score (nSPS) is 16.9. The van der Waals surface area contributed by atoms with Gasteiger partial charge in [0.1, 0.15) is 12.3 Å². The third-order valence-electron chi connectivity index (χ3n) is 8.63. The number of carbonyl (C=O) groups is 1. The number of carbonyl (C=O) groups excluding carboxylic acids is 1. The van der Waals surface area contributed by atoms with Crippen molar-refractivity contribution in [1.29, 1.82) is 0 Å². The summed E-state index contributed by atoms with van der Waals surface area (Å²) < 4.78 is 71.3. The fourth-order valence-electron chi connectivity index (χ4n) is 5.99. The smallest absolute Gasteiger partial charge is 0.406 e. The average molecular weight is 675 g/mol. The number of ether oxygens (including phenoxy) is 1. The van der Waals surface area contributed by atoms with E-state index in [0.29, 0.717) is 28.9 Å². The first kappa shape index (κ1) is 34.4. The van der Waals surface area contributed by atoms with Gasteiger partial charge in [0, 0.05) is 68.7 Å². The number of piperidine rings is 1. The summed E-state index contributed by atoms with van der Waals surface area (Å²) in [6.07, 6.45) is -1.73. The van der Waals surface area contributed by atoms with E-state index >= 15 is 0 Å². The second-order valence-corrected chi connectivity index (χ2v) is 14.2. The van der Waals surface area contributed by atoms with Gasteiger partial charge in [0.05, 0.1) is 42.0 Å². The quantitative estimate of drug-likeness (QED) is 0.332. The summed E-state index contributed by atoms with van der Waals surface area (Å²) in [6.45, 7) is 4.10. The first-order valence-electron chi connectivity index (χ1n) is 15.6. The fourth-order valence-corrected chi connectivity index (χ4v) is 6.62. The molecule has 3 aromatic rings. The van der Waals surface area contributed by atoms with Crippen LogP contribution in [0, 0.1) is 11.8 Å². The fraction of sp³-hybridized carbons (Fsp3) is 0.485. The van der Waals surface area contributed by atoms with E-state index in [1.807, 2.05) is 11.0 Å². The Balaban J connectivity index is 1.27. The molecule has 2 fully saturated rings. The number of hydrogen-bond donors (Lipinski definition) is 2. The molecule has 1 amide bonds. The molecule has 2 aromatic carbocycles. The molecular weight excluding hydrogens is 633 g/mol. The maximum atomic E-state index is 13.7. The van der Waals surface area contributed by atoms with Gasteiger partial charge in [-0.2, -0.15) is 13.2 Å². The van der Waals surface area contributed by atoms with Crippen molar-refractivity contribution in [3.05, 3.63) is 48.2 Å². The standard InChI is InChI=1S/C33H41F3N6O4S/c1-39-16-18-41(19-17-39)32(43)22-40-14-11-24(12-15-40)38-28-7-4-8-30-27(28)20-25(42(30)23-33(34,35)36)6-5-13-37-29-10-9-26(47(3,44)45)21-31(29)46-2/h4,7-10,20-21,24,37-38H,11-19,22-23H2,1-3H3. The molecule has 3 heterocycles. The maximum Gasteiger partial charge on any atom is 0.406 e. The van der Waals surface area contributed by atoms with Crippen LogP contribution in [0.25, 0.3) is 10.9 Å². The molecule has 0 spiro atoms. The van der Waals surface area contributed by atoms with Crippen molar-refractivity contribution < 1.29 is 31.1 Å². The van der Waals surface area contributed by atoms with Crippen LogP contribution in [-0.2, 0) is 21.2 Å². The summed E-state index contributed by atoms with van der Waals surface area (Å²) in [4.78, 5) is 19.2. The topological polar surface area (TPSA) is 99.2 Å². The Morgan fingerprint density at radius 3 is 2.40 bits per heavy atom. The number of halogens is 3. The molecule has 1 aromatic heterocycles. The van der Waals surface area contributed by atoms with Gasteiger partial charge in [0.15, 0.2) is 9.84 Å². The Morgan fingerprint density at radius 1 is 1.02 bits per heavy atom. The summed E-state index contributed by atoms with van der Waals surface area (Å²) in [5.74, 6) is 6.26. The van der Waals surface area contributed by atoms with Crippen molar-refractivity contribution in [3.63, 3.8) is 0 Å². The van der Waals surface area contributed by atoms with Gasteiger partial charge in [0.25, 0.3) is 0 Å². The van der Waals surface area contributed by atoms with E-state index in [1.165, 1.54) is 23.8 Å². The number of amides is 1. The van der Waals surface area contributed by atoms with Gasteiger partial charge >= 0.3 is 6.18 Å². The van der Waals surface area contributed by atoms with Crippen molar-refractivity contribution in [2.24, 2.45) is 0 Å². The van der Waals surface area contributed by atoms with Crippen LogP contribution in [0.2, 0.25) is 0 Å². The molecule has 0 aliphatic carbocycles. The van der Waals surface area contributed by atoms with Gasteiger partial charge < -0.3 is 29.7 Å². The number of nitrogens with zero attached hydrogens (tertiary/aromatic N) is 4. The number of anilines is 2. The molecule has 0 radical (unpaired) electrons. The molecule has 2 saturated heterocycles. The number of methoxy groups -OCH3 is 1. The largest absolute Gasteiger partial charge is 0.495 e. The lowest BCUT2D eigenvalue weighted by atomic mass is 10.0. The van der Waals surface area contributed by atoms with Crippen LogP contribution in [0.4, 0.5) is 24.5 Å². The average Bonchev–Trinajstić information content (AvgIpc) is 3.36. The molecule has 2 N–H and O–H groups in total. The Labute approximate surface area is 273 Å². The number of alkyl halides is 3. The third-order valence-corrected chi connectivity index (χ3v) is 9.74.